The summed E-state index contributed by atoms with van der Waals surface area (Å²) in [6, 6.07) is 11.2. The maximum atomic E-state index is 12.2. The molecular formula is C27H35N3O4. The van der Waals surface area contributed by atoms with Crippen molar-refractivity contribution in [1.82, 2.24) is 9.88 Å². The molecule has 7 heteroatoms. The molecule has 3 heterocycles. The van der Waals surface area contributed by atoms with E-state index < -0.39 is 12.0 Å². The van der Waals surface area contributed by atoms with Crippen LogP contribution in [-0.4, -0.2) is 59.4 Å². The molecule has 34 heavy (non-hydrogen) atoms. The van der Waals surface area contributed by atoms with Crippen LogP contribution < -0.4 is 10.1 Å². The van der Waals surface area contributed by atoms with Crippen molar-refractivity contribution < 1.29 is 19.4 Å². The van der Waals surface area contributed by atoms with Gasteiger partial charge in [0.05, 0.1) is 12.2 Å². The van der Waals surface area contributed by atoms with Crippen LogP contribution in [0.25, 0.3) is 0 Å². The SMILES string of the molecule is O=C(O)[C@H](c1ccccc1OC1CC1)N1CC[C@@H](OCCCCc2ccc3c(n2)NCCC3)C1. The third kappa shape index (κ3) is 5.70. The van der Waals surface area contributed by atoms with Crippen molar-refractivity contribution in [2.24, 2.45) is 0 Å². The first-order chi connectivity index (χ1) is 16.7. The zero-order valence-electron chi connectivity index (χ0n) is 19.7. The Morgan fingerprint density at radius 3 is 2.88 bits per heavy atom. The molecule has 0 bridgehead atoms. The number of aromatic nitrogens is 1. The number of benzene rings is 1. The van der Waals surface area contributed by atoms with Gasteiger partial charge >= 0.3 is 5.97 Å². The molecule has 2 N–H and O–H groups in total. The molecule has 1 saturated heterocycles. The van der Waals surface area contributed by atoms with E-state index in [-0.39, 0.29) is 12.2 Å². The Morgan fingerprint density at radius 2 is 2.03 bits per heavy atom. The van der Waals surface area contributed by atoms with E-state index in [9.17, 15) is 9.90 Å². The number of anilines is 1. The molecule has 0 radical (unpaired) electrons. The first-order valence-corrected chi connectivity index (χ1v) is 12.7. The van der Waals surface area contributed by atoms with Gasteiger partial charge in [-0.15, -0.1) is 0 Å². The van der Waals surface area contributed by atoms with Crippen molar-refractivity contribution in [2.75, 3.05) is 31.6 Å². The van der Waals surface area contributed by atoms with Crippen molar-refractivity contribution in [3.05, 3.63) is 53.2 Å². The standard InChI is InChI=1S/C27H35N3O4/c31-27(32)25(23-8-1-2-9-24(23)34-21-12-13-21)30-16-14-22(18-30)33-17-4-3-7-20-11-10-19-6-5-15-28-26(19)29-20/h1-2,8-11,21-22,25H,3-7,12-18H2,(H,28,29)(H,31,32)/t22-,25+/m1/s1. The number of aliphatic carboxylic acids is 1. The number of nitrogens with one attached hydrogen (secondary N) is 1. The monoisotopic (exact) mass is 465 g/mol. The fourth-order valence-electron chi connectivity index (χ4n) is 4.96. The van der Waals surface area contributed by atoms with Crippen LogP contribution >= 0.6 is 0 Å². The average molecular weight is 466 g/mol. The van der Waals surface area contributed by atoms with Crippen molar-refractivity contribution >= 4 is 11.8 Å². The lowest BCUT2D eigenvalue weighted by Crippen LogP contribution is -2.33. The number of pyridine rings is 1. The number of hydrogen-bond donors (Lipinski definition) is 2. The van der Waals surface area contributed by atoms with E-state index in [1.165, 1.54) is 12.0 Å². The highest BCUT2D eigenvalue weighted by molar-refractivity contribution is 5.76. The summed E-state index contributed by atoms with van der Waals surface area (Å²) in [5, 5.41) is 13.4. The van der Waals surface area contributed by atoms with Crippen LogP contribution in [0.3, 0.4) is 0 Å². The maximum absolute atomic E-state index is 12.2. The van der Waals surface area contributed by atoms with Gasteiger partial charge in [0.2, 0.25) is 0 Å². The zero-order valence-corrected chi connectivity index (χ0v) is 19.7. The maximum Gasteiger partial charge on any atom is 0.325 e. The summed E-state index contributed by atoms with van der Waals surface area (Å²) >= 11 is 0. The normalized spacial score (nSPS) is 21.0. The predicted octanol–water partition coefficient (Wildman–Crippen LogP) is 4.22. The van der Waals surface area contributed by atoms with Crippen molar-refractivity contribution in [3.63, 3.8) is 0 Å². The molecule has 2 atom stereocenters. The number of ether oxygens (including phenoxy) is 2. The highest BCUT2D eigenvalue weighted by Crippen LogP contribution is 2.36. The Kier molecular flexibility index (Phi) is 7.30. The summed E-state index contributed by atoms with van der Waals surface area (Å²) in [6.45, 7) is 3.05. The van der Waals surface area contributed by atoms with E-state index in [2.05, 4.69) is 17.4 Å². The number of rotatable bonds is 11. The third-order valence-corrected chi connectivity index (χ3v) is 6.94. The van der Waals surface area contributed by atoms with E-state index in [1.807, 2.05) is 29.2 Å². The fraction of sp³-hybridized carbons (Fsp3) is 0.556. The molecule has 0 amide bonds. The minimum absolute atomic E-state index is 0.0735. The summed E-state index contributed by atoms with van der Waals surface area (Å²) in [5.41, 5.74) is 3.21. The number of carboxylic acid groups (broad SMARTS) is 1. The molecular weight excluding hydrogens is 430 g/mol. The fourth-order valence-corrected chi connectivity index (χ4v) is 4.96. The van der Waals surface area contributed by atoms with Crippen LogP contribution in [0.4, 0.5) is 5.82 Å². The second-order valence-corrected chi connectivity index (χ2v) is 9.67. The van der Waals surface area contributed by atoms with Gasteiger partial charge in [0.15, 0.2) is 0 Å². The quantitative estimate of drug-likeness (QED) is 0.481. The molecule has 1 saturated carbocycles. The van der Waals surface area contributed by atoms with Gasteiger partial charge in [-0.05, 0) is 69.1 Å². The van der Waals surface area contributed by atoms with Crippen LogP contribution in [-0.2, 0) is 22.4 Å². The minimum atomic E-state index is -0.834. The lowest BCUT2D eigenvalue weighted by molar-refractivity contribution is -0.143. The van der Waals surface area contributed by atoms with Crippen molar-refractivity contribution in [2.45, 2.75) is 69.6 Å². The van der Waals surface area contributed by atoms with Gasteiger partial charge in [0.1, 0.15) is 17.6 Å². The van der Waals surface area contributed by atoms with Crippen molar-refractivity contribution in [1.29, 1.82) is 0 Å². The molecule has 2 aliphatic heterocycles. The zero-order chi connectivity index (χ0) is 23.3. The molecule has 5 rings (SSSR count). The van der Waals surface area contributed by atoms with Crippen LogP contribution in [0.2, 0.25) is 0 Å². The average Bonchev–Trinajstić information content (AvgIpc) is 3.55. The van der Waals surface area contributed by atoms with Gasteiger partial charge in [0.25, 0.3) is 0 Å². The Bertz CT molecular complexity index is 994. The van der Waals surface area contributed by atoms with Crippen molar-refractivity contribution in [3.8, 4) is 5.75 Å². The minimum Gasteiger partial charge on any atom is -0.490 e. The van der Waals surface area contributed by atoms with Gasteiger partial charge in [-0.2, -0.15) is 0 Å². The molecule has 0 spiro atoms. The number of likely N-dealkylation sites (tertiary alicyclic amines) is 1. The lowest BCUT2D eigenvalue weighted by atomic mass is 10.0. The predicted molar refractivity (Wildman–Crippen MR) is 130 cm³/mol. The number of unbranched alkanes of at least 4 members (excludes halogenated alkanes) is 1. The molecule has 1 aromatic heterocycles. The second-order valence-electron chi connectivity index (χ2n) is 9.67. The summed E-state index contributed by atoms with van der Waals surface area (Å²) in [4.78, 5) is 19.0. The Hall–Kier alpha value is -2.64. The smallest absolute Gasteiger partial charge is 0.325 e. The number of para-hydroxylation sites is 1. The molecule has 0 unspecified atom stereocenters. The Balaban J connectivity index is 1.08. The molecule has 2 fully saturated rings. The summed E-state index contributed by atoms with van der Waals surface area (Å²) in [7, 11) is 0. The molecule has 7 nitrogen and oxygen atoms in total. The van der Waals surface area contributed by atoms with Gasteiger partial charge in [-0.3, -0.25) is 9.69 Å². The number of hydrogen-bond acceptors (Lipinski definition) is 6. The molecule has 2 aromatic rings. The second kappa shape index (κ2) is 10.7. The van der Waals surface area contributed by atoms with Gasteiger partial charge in [-0.1, -0.05) is 24.3 Å². The number of carbonyl (C=O) groups is 1. The van der Waals surface area contributed by atoms with Crippen LogP contribution in [0.5, 0.6) is 5.75 Å². The summed E-state index contributed by atoms with van der Waals surface area (Å²) in [5.74, 6) is 0.926. The number of aryl methyl sites for hydroxylation is 2. The Morgan fingerprint density at radius 1 is 1.15 bits per heavy atom. The molecule has 1 aliphatic carbocycles. The highest BCUT2D eigenvalue weighted by atomic mass is 16.5. The highest BCUT2D eigenvalue weighted by Gasteiger charge is 2.36. The molecule has 1 aromatic carbocycles. The first kappa shape index (κ1) is 23.1. The number of carboxylic acids is 1. The van der Waals surface area contributed by atoms with Gasteiger partial charge in [-0.25, -0.2) is 4.98 Å². The van der Waals surface area contributed by atoms with E-state index >= 15 is 0 Å². The number of nitrogens with zero attached hydrogens (tertiary/aromatic N) is 2. The van der Waals surface area contributed by atoms with Crippen LogP contribution in [0, 0.1) is 0 Å². The Labute approximate surface area is 201 Å². The van der Waals surface area contributed by atoms with E-state index in [4.69, 9.17) is 14.5 Å². The van der Waals surface area contributed by atoms with E-state index in [1.54, 1.807) is 0 Å². The van der Waals surface area contributed by atoms with E-state index in [0.29, 0.717) is 25.4 Å². The largest absolute Gasteiger partial charge is 0.490 e. The van der Waals surface area contributed by atoms with Crippen LogP contribution in [0.1, 0.15) is 61.4 Å². The van der Waals surface area contributed by atoms with E-state index in [0.717, 1.165) is 68.6 Å². The molecule has 182 valence electrons. The topological polar surface area (TPSA) is 83.9 Å². The molecule has 3 aliphatic rings. The van der Waals surface area contributed by atoms with Gasteiger partial charge in [0, 0.05) is 37.5 Å². The first-order valence-electron chi connectivity index (χ1n) is 12.7. The van der Waals surface area contributed by atoms with Crippen LogP contribution in [0.15, 0.2) is 36.4 Å². The third-order valence-electron chi connectivity index (χ3n) is 6.94. The lowest BCUT2D eigenvalue weighted by Gasteiger charge is -2.26. The number of fused-ring (bicyclic) bond motifs is 1. The van der Waals surface area contributed by atoms with Gasteiger partial charge < -0.3 is 19.9 Å². The summed E-state index contributed by atoms with van der Waals surface area (Å²) in [6.07, 6.45) is 8.51. The summed E-state index contributed by atoms with van der Waals surface area (Å²) < 4.78 is 12.1.